The fraction of sp³-hybridized carbons (Fsp3) is 0.600. The molecule has 2 aliphatic rings. The molecular weight excluding hydrogens is 314 g/mol. The van der Waals surface area contributed by atoms with Gasteiger partial charge in [0.15, 0.2) is 11.7 Å². The Balaban J connectivity index is 1.54. The number of nitrogens with one attached hydrogen (secondary N) is 1. The molecule has 1 amide bonds. The van der Waals surface area contributed by atoms with Crippen molar-refractivity contribution < 1.29 is 13.9 Å². The minimum absolute atomic E-state index is 0.175. The van der Waals surface area contributed by atoms with Gasteiger partial charge in [-0.25, -0.2) is 14.9 Å². The Labute approximate surface area is 137 Å². The highest BCUT2D eigenvalue weighted by Crippen LogP contribution is 2.32. The van der Waals surface area contributed by atoms with Crippen molar-refractivity contribution in [3.8, 4) is 0 Å². The summed E-state index contributed by atoms with van der Waals surface area (Å²) in [5, 5.41) is 6.37. The van der Waals surface area contributed by atoms with E-state index in [1.54, 1.807) is 16.4 Å². The Morgan fingerprint density at radius 3 is 3.00 bits per heavy atom. The van der Waals surface area contributed by atoms with Crippen LogP contribution in [0.5, 0.6) is 0 Å². The number of hydrogen-bond donors (Lipinski definition) is 1. The van der Waals surface area contributed by atoms with Gasteiger partial charge in [0.05, 0.1) is 18.8 Å². The Bertz CT molecular complexity index is 850. The van der Waals surface area contributed by atoms with Gasteiger partial charge in [-0.3, -0.25) is 9.36 Å². The van der Waals surface area contributed by atoms with Gasteiger partial charge in [0, 0.05) is 13.0 Å². The lowest BCUT2D eigenvalue weighted by atomic mass is 10.0. The second kappa shape index (κ2) is 5.30. The maximum Gasteiger partial charge on any atom is 0.343 e. The molecule has 9 nitrogen and oxygen atoms in total. The third-order valence-corrected chi connectivity index (χ3v) is 4.73. The molecule has 0 saturated carbocycles. The van der Waals surface area contributed by atoms with Gasteiger partial charge in [0.2, 0.25) is 5.76 Å². The number of aryl methyl sites for hydroxylation is 2. The molecular formula is C15H19N5O4. The standard InChI is InChI=1S/C15H19N5O4/c1-3-11-16-9(2)12(24-11)13(21)19-5-4-15(7-19)8-20-10(6-23-15)17-18-14(20)22/h3-8H2,1-2H3,(H,18,22). The molecule has 1 spiro atoms. The molecule has 0 aromatic carbocycles. The number of aromatic amines is 1. The summed E-state index contributed by atoms with van der Waals surface area (Å²) >= 11 is 0. The number of hydrogen-bond acceptors (Lipinski definition) is 6. The Morgan fingerprint density at radius 1 is 1.42 bits per heavy atom. The molecule has 4 rings (SSSR count). The van der Waals surface area contributed by atoms with Gasteiger partial charge in [-0.15, -0.1) is 0 Å². The van der Waals surface area contributed by atoms with E-state index in [-0.39, 0.29) is 18.2 Å². The van der Waals surface area contributed by atoms with Crippen LogP contribution < -0.4 is 5.69 Å². The van der Waals surface area contributed by atoms with Crippen molar-refractivity contribution in [2.24, 2.45) is 0 Å². The van der Waals surface area contributed by atoms with Crippen LogP contribution in [0.4, 0.5) is 0 Å². The molecule has 0 aliphatic carbocycles. The molecule has 1 fully saturated rings. The van der Waals surface area contributed by atoms with E-state index in [9.17, 15) is 9.59 Å². The van der Waals surface area contributed by atoms with Crippen LogP contribution in [0.2, 0.25) is 0 Å². The quantitative estimate of drug-likeness (QED) is 0.844. The summed E-state index contributed by atoms with van der Waals surface area (Å²) in [6.45, 7) is 5.35. The number of amides is 1. The first-order valence-electron chi connectivity index (χ1n) is 8.05. The van der Waals surface area contributed by atoms with Gasteiger partial charge in [0.1, 0.15) is 12.2 Å². The molecule has 2 aliphatic heterocycles. The molecule has 2 aromatic heterocycles. The Hall–Kier alpha value is -2.42. The molecule has 1 atom stereocenters. The predicted octanol–water partition coefficient (Wildman–Crippen LogP) is 0.245. The minimum atomic E-state index is -0.544. The molecule has 0 bridgehead atoms. The minimum Gasteiger partial charge on any atom is -0.435 e. The first kappa shape index (κ1) is 15.1. The fourth-order valence-electron chi connectivity index (χ4n) is 3.39. The molecule has 1 saturated heterocycles. The number of aromatic nitrogens is 4. The summed E-state index contributed by atoms with van der Waals surface area (Å²) < 4.78 is 13.1. The van der Waals surface area contributed by atoms with E-state index in [4.69, 9.17) is 9.15 Å². The fourth-order valence-corrected chi connectivity index (χ4v) is 3.39. The van der Waals surface area contributed by atoms with Crippen LogP contribution in [0, 0.1) is 6.92 Å². The number of oxazole rings is 1. The molecule has 4 heterocycles. The summed E-state index contributed by atoms with van der Waals surface area (Å²) in [5.74, 6) is 1.27. The lowest BCUT2D eigenvalue weighted by Crippen LogP contribution is -2.47. The van der Waals surface area contributed by atoms with Crippen LogP contribution in [0.25, 0.3) is 0 Å². The van der Waals surface area contributed by atoms with E-state index in [0.29, 0.717) is 55.6 Å². The van der Waals surface area contributed by atoms with E-state index >= 15 is 0 Å². The normalized spacial score (nSPS) is 23.0. The number of carbonyl (C=O) groups excluding carboxylic acids is 1. The van der Waals surface area contributed by atoms with Crippen molar-refractivity contribution in [3.05, 3.63) is 33.7 Å². The number of nitrogens with zero attached hydrogens (tertiary/aromatic N) is 4. The maximum atomic E-state index is 12.7. The zero-order valence-electron chi connectivity index (χ0n) is 13.7. The van der Waals surface area contributed by atoms with Gasteiger partial charge in [-0.05, 0) is 13.3 Å². The van der Waals surface area contributed by atoms with E-state index in [1.165, 1.54) is 0 Å². The van der Waals surface area contributed by atoms with Crippen molar-refractivity contribution in [2.45, 2.75) is 45.4 Å². The van der Waals surface area contributed by atoms with Gasteiger partial charge in [-0.1, -0.05) is 6.92 Å². The van der Waals surface area contributed by atoms with Crippen LogP contribution in [-0.2, 0) is 24.3 Å². The zero-order valence-corrected chi connectivity index (χ0v) is 13.7. The van der Waals surface area contributed by atoms with Crippen molar-refractivity contribution >= 4 is 5.91 Å². The molecule has 24 heavy (non-hydrogen) atoms. The number of ether oxygens (including phenoxy) is 1. The van der Waals surface area contributed by atoms with Crippen LogP contribution in [-0.4, -0.2) is 49.2 Å². The monoisotopic (exact) mass is 333 g/mol. The molecule has 9 heteroatoms. The SMILES string of the molecule is CCc1nc(C)c(C(=O)N2CCC3(C2)Cn2c(n[nH]c2=O)CO3)o1. The zero-order chi connectivity index (χ0) is 16.9. The van der Waals surface area contributed by atoms with Gasteiger partial charge < -0.3 is 14.1 Å². The van der Waals surface area contributed by atoms with Gasteiger partial charge in [-0.2, -0.15) is 5.10 Å². The number of likely N-dealkylation sites (tertiary alicyclic amines) is 1. The molecule has 1 N–H and O–H groups in total. The summed E-state index contributed by atoms with van der Waals surface area (Å²) in [5.41, 5.74) is -0.176. The van der Waals surface area contributed by atoms with Crippen molar-refractivity contribution in [2.75, 3.05) is 13.1 Å². The number of rotatable bonds is 2. The Kier molecular flexibility index (Phi) is 3.34. The summed E-state index contributed by atoms with van der Waals surface area (Å²) in [6, 6.07) is 0. The number of carbonyl (C=O) groups is 1. The summed E-state index contributed by atoms with van der Waals surface area (Å²) in [4.78, 5) is 30.5. The highest BCUT2D eigenvalue weighted by atomic mass is 16.5. The average molecular weight is 333 g/mol. The lowest BCUT2D eigenvalue weighted by molar-refractivity contribution is -0.0816. The third-order valence-electron chi connectivity index (χ3n) is 4.73. The predicted molar refractivity (Wildman–Crippen MR) is 81.5 cm³/mol. The lowest BCUT2D eigenvalue weighted by Gasteiger charge is -2.33. The first-order valence-corrected chi connectivity index (χ1v) is 8.05. The molecule has 2 aromatic rings. The molecule has 0 radical (unpaired) electrons. The highest BCUT2D eigenvalue weighted by molar-refractivity contribution is 5.92. The first-order chi connectivity index (χ1) is 11.5. The van der Waals surface area contributed by atoms with E-state index in [0.717, 1.165) is 0 Å². The second-order valence-electron chi connectivity index (χ2n) is 6.36. The summed E-state index contributed by atoms with van der Waals surface area (Å²) in [7, 11) is 0. The van der Waals surface area contributed by atoms with Crippen LogP contribution in [0.1, 0.15) is 41.3 Å². The topological polar surface area (TPSA) is 106 Å². The van der Waals surface area contributed by atoms with Crippen molar-refractivity contribution in [1.82, 2.24) is 24.6 Å². The van der Waals surface area contributed by atoms with E-state index in [2.05, 4.69) is 15.2 Å². The van der Waals surface area contributed by atoms with E-state index < -0.39 is 5.60 Å². The van der Waals surface area contributed by atoms with Crippen LogP contribution in [0.3, 0.4) is 0 Å². The van der Waals surface area contributed by atoms with E-state index in [1.807, 2.05) is 6.92 Å². The third kappa shape index (κ3) is 2.27. The summed E-state index contributed by atoms with van der Waals surface area (Å²) in [6.07, 6.45) is 1.32. The van der Waals surface area contributed by atoms with Crippen molar-refractivity contribution in [3.63, 3.8) is 0 Å². The molecule has 128 valence electrons. The van der Waals surface area contributed by atoms with Gasteiger partial charge in [0.25, 0.3) is 5.91 Å². The number of H-pyrrole nitrogens is 1. The molecule has 1 unspecified atom stereocenters. The maximum absolute atomic E-state index is 12.7. The van der Waals surface area contributed by atoms with Gasteiger partial charge >= 0.3 is 5.69 Å². The van der Waals surface area contributed by atoms with Crippen molar-refractivity contribution in [1.29, 1.82) is 0 Å². The Morgan fingerprint density at radius 2 is 2.25 bits per heavy atom. The smallest absolute Gasteiger partial charge is 0.343 e. The van der Waals surface area contributed by atoms with Crippen LogP contribution in [0.15, 0.2) is 9.21 Å². The second-order valence-corrected chi connectivity index (χ2v) is 6.36. The average Bonchev–Trinajstić information content (AvgIpc) is 3.26. The largest absolute Gasteiger partial charge is 0.435 e. The van der Waals surface area contributed by atoms with Crippen LogP contribution >= 0.6 is 0 Å². The highest BCUT2D eigenvalue weighted by Gasteiger charge is 2.45. The number of fused-ring (bicyclic) bond motifs is 1.